The zero-order valence-electron chi connectivity index (χ0n) is 7.06. The van der Waals surface area contributed by atoms with Crippen molar-refractivity contribution in [2.75, 3.05) is 0 Å². The quantitative estimate of drug-likeness (QED) is 0.684. The molecule has 1 aromatic rings. The molecule has 0 aliphatic heterocycles. The molecule has 0 radical (unpaired) electrons. The zero-order valence-corrected chi connectivity index (χ0v) is 7.06. The zero-order chi connectivity index (χ0) is 8.39. The minimum Gasteiger partial charge on any atom is -0.391 e. The van der Waals surface area contributed by atoms with E-state index in [-0.39, 0.29) is 12.1 Å². The molecule has 1 aliphatic rings. The van der Waals surface area contributed by atoms with Crippen molar-refractivity contribution in [2.45, 2.75) is 37.8 Å². The summed E-state index contributed by atoms with van der Waals surface area (Å²) >= 11 is 0. The van der Waals surface area contributed by atoms with Gasteiger partial charge in [0, 0.05) is 12.4 Å². The summed E-state index contributed by atoms with van der Waals surface area (Å²) in [6, 6.07) is 0.265. The Bertz CT molecular complexity index is 233. The van der Waals surface area contributed by atoms with E-state index in [9.17, 15) is 5.11 Å². The highest BCUT2D eigenvalue weighted by molar-refractivity contribution is 4.86. The van der Waals surface area contributed by atoms with E-state index in [2.05, 4.69) is 4.98 Å². The van der Waals surface area contributed by atoms with Crippen LogP contribution in [0, 0.1) is 0 Å². The van der Waals surface area contributed by atoms with Crippen LogP contribution in [0.5, 0.6) is 0 Å². The third-order valence-corrected chi connectivity index (χ3v) is 2.60. The van der Waals surface area contributed by atoms with Gasteiger partial charge in [-0.15, -0.1) is 0 Å². The highest BCUT2D eigenvalue weighted by Crippen LogP contribution is 2.27. The van der Waals surface area contributed by atoms with Crippen molar-refractivity contribution in [1.29, 1.82) is 0 Å². The van der Waals surface area contributed by atoms with Crippen LogP contribution >= 0.6 is 0 Å². The Balaban J connectivity index is 2.11. The fraction of sp³-hybridized carbons (Fsp3) is 0.667. The van der Waals surface area contributed by atoms with E-state index in [1.807, 2.05) is 10.8 Å². The summed E-state index contributed by atoms with van der Waals surface area (Å²) in [6.07, 6.45) is 9.71. The normalized spacial score (nSPS) is 30.4. The first kappa shape index (κ1) is 7.80. The Labute approximate surface area is 72.0 Å². The second kappa shape index (κ2) is 3.27. The lowest BCUT2D eigenvalue weighted by atomic mass is 9.92. The lowest BCUT2D eigenvalue weighted by Crippen LogP contribution is -2.26. The summed E-state index contributed by atoms with van der Waals surface area (Å²) in [5.41, 5.74) is 0. The van der Waals surface area contributed by atoms with Crippen LogP contribution in [0.3, 0.4) is 0 Å². The molecule has 1 heterocycles. The lowest BCUT2D eigenvalue weighted by Gasteiger charge is -2.28. The van der Waals surface area contributed by atoms with Crippen LogP contribution in [0.2, 0.25) is 0 Å². The monoisotopic (exact) mass is 166 g/mol. The number of nitrogens with zero attached hydrogens (tertiary/aromatic N) is 2. The van der Waals surface area contributed by atoms with Crippen molar-refractivity contribution in [3.8, 4) is 0 Å². The van der Waals surface area contributed by atoms with Gasteiger partial charge in [-0.2, -0.15) is 0 Å². The summed E-state index contributed by atoms with van der Waals surface area (Å²) in [4.78, 5) is 3.98. The summed E-state index contributed by atoms with van der Waals surface area (Å²) in [6.45, 7) is 0. The number of hydrogen-bond donors (Lipinski definition) is 1. The summed E-state index contributed by atoms with van der Waals surface area (Å²) in [5.74, 6) is 0. The third-order valence-electron chi connectivity index (χ3n) is 2.60. The van der Waals surface area contributed by atoms with E-state index < -0.39 is 0 Å². The van der Waals surface area contributed by atoms with Crippen molar-refractivity contribution in [3.63, 3.8) is 0 Å². The minimum atomic E-state index is -0.173. The Kier molecular flexibility index (Phi) is 2.13. The SMILES string of the molecule is OC1CCCCC1n1ccnc1. The highest BCUT2D eigenvalue weighted by atomic mass is 16.3. The van der Waals surface area contributed by atoms with Gasteiger partial charge in [0.15, 0.2) is 0 Å². The van der Waals surface area contributed by atoms with Crippen LogP contribution in [-0.4, -0.2) is 20.8 Å². The molecule has 1 fully saturated rings. The molecule has 12 heavy (non-hydrogen) atoms. The standard InChI is InChI=1S/C9H14N2O/c12-9-4-2-1-3-8(9)11-6-5-10-7-11/h5-9,12H,1-4H2. The van der Waals surface area contributed by atoms with Crippen molar-refractivity contribution in [1.82, 2.24) is 9.55 Å². The molecular weight excluding hydrogens is 152 g/mol. The molecule has 0 bridgehead atoms. The number of aromatic nitrogens is 2. The van der Waals surface area contributed by atoms with E-state index in [4.69, 9.17) is 0 Å². The van der Waals surface area contributed by atoms with Crippen LogP contribution in [0.4, 0.5) is 0 Å². The van der Waals surface area contributed by atoms with E-state index in [1.54, 1.807) is 12.5 Å². The molecule has 1 aromatic heterocycles. The number of rotatable bonds is 1. The second-order valence-corrected chi connectivity index (χ2v) is 3.43. The van der Waals surface area contributed by atoms with Crippen molar-refractivity contribution in [3.05, 3.63) is 18.7 Å². The predicted octanol–water partition coefficient (Wildman–Crippen LogP) is 1.36. The molecule has 0 saturated heterocycles. The fourth-order valence-electron chi connectivity index (χ4n) is 1.91. The van der Waals surface area contributed by atoms with Gasteiger partial charge in [0.1, 0.15) is 0 Å². The smallest absolute Gasteiger partial charge is 0.0949 e. The first-order valence-corrected chi connectivity index (χ1v) is 4.53. The van der Waals surface area contributed by atoms with Crippen molar-refractivity contribution in [2.24, 2.45) is 0 Å². The molecule has 1 aliphatic carbocycles. The average molecular weight is 166 g/mol. The maximum absolute atomic E-state index is 9.69. The van der Waals surface area contributed by atoms with Gasteiger partial charge >= 0.3 is 0 Å². The molecule has 0 spiro atoms. The maximum atomic E-state index is 9.69. The van der Waals surface area contributed by atoms with Crippen molar-refractivity contribution < 1.29 is 5.11 Å². The molecule has 2 atom stereocenters. The van der Waals surface area contributed by atoms with E-state index in [0.29, 0.717) is 0 Å². The molecule has 1 saturated carbocycles. The molecule has 2 rings (SSSR count). The van der Waals surface area contributed by atoms with Crippen LogP contribution < -0.4 is 0 Å². The number of hydrogen-bond acceptors (Lipinski definition) is 2. The van der Waals surface area contributed by atoms with E-state index in [0.717, 1.165) is 19.3 Å². The summed E-state index contributed by atoms with van der Waals surface area (Å²) < 4.78 is 2.02. The van der Waals surface area contributed by atoms with Crippen LogP contribution in [0.1, 0.15) is 31.7 Å². The molecule has 0 amide bonds. The largest absolute Gasteiger partial charge is 0.391 e. The van der Waals surface area contributed by atoms with Gasteiger partial charge in [-0.05, 0) is 12.8 Å². The van der Waals surface area contributed by atoms with Crippen LogP contribution in [-0.2, 0) is 0 Å². The average Bonchev–Trinajstić information content (AvgIpc) is 2.57. The topological polar surface area (TPSA) is 38.0 Å². The number of aliphatic hydroxyl groups excluding tert-OH is 1. The van der Waals surface area contributed by atoms with E-state index >= 15 is 0 Å². The van der Waals surface area contributed by atoms with Gasteiger partial charge < -0.3 is 9.67 Å². The number of imidazole rings is 1. The first-order valence-electron chi connectivity index (χ1n) is 4.53. The van der Waals surface area contributed by atoms with Crippen molar-refractivity contribution >= 4 is 0 Å². The van der Waals surface area contributed by atoms with Crippen LogP contribution in [0.15, 0.2) is 18.7 Å². The Morgan fingerprint density at radius 2 is 2.17 bits per heavy atom. The lowest BCUT2D eigenvalue weighted by molar-refractivity contribution is 0.0754. The molecule has 3 nitrogen and oxygen atoms in total. The van der Waals surface area contributed by atoms with Gasteiger partial charge in [0.25, 0.3) is 0 Å². The van der Waals surface area contributed by atoms with E-state index in [1.165, 1.54) is 6.42 Å². The first-order chi connectivity index (χ1) is 5.88. The minimum absolute atomic E-state index is 0.173. The third kappa shape index (κ3) is 1.37. The second-order valence-electron chi connectivity index (χ2n) is 3.43. The summed E-state index contributed by atoms with van der Waals surface area (Å²) in [7, 11) is 0. The number of aliphatic hydroxyl groups is 1. The molecule has 3 heteroatoms. The van der Waals surface area contributed by atoms with Gasteiger partial charge in [-0.3, -0.25) is 0 Å². The molecule has 1 N–H and O–H groups in total. The maximum Gasteiger partial charge on any atom is 0.0949 e. The Morgan fingerprint density at radius 3 is 2.83 bits per heavy atom. The molecular formula is C9H14N2O. The molecule has 66 valence electrons. The Hall–Kier alpha value is -0.830. The van der Waals surface area contributed by atoms with Gasteiger partial charge in [0.05, 0.1) is 18.5 Å². The Morgan fingerprint density at radius 1 is 1.33 bits per heavy atom. The predicted molar refractivity (Wildman–Crippen MR) is 45.7 cm³/mol. The fourth-order valence-corrected chi connectivity index (χ4v) is 1.91. The molecule has 2 unspecified atom stereocenters. The van der Waals surface area contributed by atoms with Gasteiger partial charge in [-0.1, -0.05) is 12.8 Å². The summed E-state index contributed by atoms with van der Waals surface area (Å²) in [5, 5.41) is 9.69. The van der Waals surface area contributed by atoms with Gasteiger partial charge in [0.2, 0.25) is 0 Å². The van der Waals surface area contributed by atoms with Crippen LogP contribution in [0.25, 0.3) is 0 Å². The van der Waals surface area contributed by atoms with Gasteiger partial charge in [-0.25, -0.2) is 4.98 Å². The molecule has 0 aromatic carbocycles. The highest BCUT2D eigenvalue weighted by Gasteiger charge is 2.23.